The summed E-state index contributed by atoms with van der Waals surface area (Å²) in [5, 5.41) is 0. The van der Waals surface area contributed by atoms with E-state index in [2.05, 4.69) is 15.9 Å². The first kappa shape index (κ1) is 16.9. The summed E-state index contributed by atoms with van der Waals surface area (Å²) in [6.07, 6.45) is -0.305. The number of benzene rings is 1. The van der Waals surface area contributed by atoms with Crippen LogP contribution in [-0.2, 0) is 4.74 Å². The molecule has 0 radical (unpaired) electrons. The highest BCUT2D eigenvalue weighted by atomic mass is 79.9. The molecule has 22 heavy (non-hydrogen) atoms. The van der Waals surface area contributed by atoms with Crippen molar-refractivity contribution in [1.29, 1.82) is 0 Å². The maximum Gasteiger partial charge on any atom is 0.410 e. The molecule has 0 spiro atoms. The van der Waals surface area contributed by atoms with Crippen LogP contribution in [0.25, 0.3) is 0 Å². The first-order valence-electron chi connectivity index (χ1n) is 7.15. The average Bonchev–Trinajstić information content (AvgIpc) is 2.41. The van der Waals surface area contributed by atoms with Crippen molar-refractivity contribution in [2.45, 2.75) is 26.4 Å². The zero-order valence-corrected chi connectivity index (χ0v) is 14.6. The maximum atomic E-state index is 13.4. The Labute approximate surface area is 138 Å². The smallest absolute Gasteiger partial charge is 0.410 e. The Kier molecular flexibility index (Phi) is 4.84. The van der Waals surface area contributed by atoms with Gasteiger partial charge in [-0.3, -0.25) is 0 Å². The van der Waals surface area contributed by atoms with Crippen molar-refractivity contribution in [2.75, 3.05) is 36.8 Å². The first-order chi connectivity index (χ1) is 10.2. The van der Waals surface area contributed by atoms with Crippen LogP contribution in [0.3, 0.4) is 0 Å². The lowest BCUT2D eigenvalue weighted by atomic mass is 10.2. The molecule has 5 nitrogen and oxygen atoms in total. The number of amides is 1. The van der Waals surface area contributed by atoms with E-state index in [4.69, 9.17) is 10.5 Å². The number of hydrogen-bond acceptors (Lipinski definition) is 4. The average molecular weight is 374 g/mol. The predicted molar refractivity (Wildman–Crippen MR) is 88.5 cm³/mol. The molecule has 0 atom stereocenters. The van der Waals surface area contributed by atoms with Gasteiger partial charge in [-0.05, 0) is 42.8 Å². The number of halogens is 2. The zero-order chi connectivity index (χ0) is 16.5. The third-order valence-electron chi connectivity index (χ3n) is 3.34. The summed E-state index contributed by atoms with van der Waals surface area (Å²) in [4.78, 5) is 15.7. The molecule has 1 aliphatic heterocycles. The maximum absolute atomic E-state index is 13.4. The minimum atomic E-state index is -0.500. The van der Waals surface area contributed by atoms with Gasteiger partial charge in [-0.25, -0.2) is 9.18 Å². The monoisotopic (exact) mass is 373 g/mol. The summed E-state index contributed by atoms with van der Waals surface area (Å²) < 4.78 is 19.2. The minimum absolute atomic E-state index is 0.305. The summed E-state index contributed by atoms with van der Waals surface area (Å²) in [6.45, 7) is 7.88. The summed E-state index contributed by atoms with van der Waals surface area (Å²) in [7, 11) is 0. The predicted octanol–water partition coefficient (Wildman–Crippen LogP) is 3.23. The Hall–Kier alpha value is -1.50. The molecule has 7 heteroatoms. The SMILES string of the molecule is CC(C)(C)OC(=O)N1CCN(c2cc(Br)c(F)cc2N)CC1. The van der Waals surface area contributed by atoms with Crippen LogP contribution in [0.1, 0.15) is 20.8 Å². The van der Waals surface area contributed by atoms with Gasteiger partial charge in [0.15, 0.2) is 0 Å². The molecule has 1 aliphatic rings. The molecule has 1 aromatic rings. The van der Waals surface area contributed by atoms with E-state index in [9.17, 15) is 9.18 Å². The van der Waals surface area contributed by atoms with Crippen molar-refractivity contribution >= 4 is 33.4 Å². The fourth-order valence-corrected chi connectivity index (χ4v) is 2.61. The molecule has 1 heterocycles. The largest absolute Gasteiger partial charge is 0.444 e. The minimum Gasteiger partial charge on any atom is -0.444 e. The number of nitrogens with zero attached hydrogens (tertiary/aromatic N) is 2. The molecule has 0 unspecified atom stereocenters. The molecule has 1 amide bonds. The molecule has 1 aromatic carbocycles. The van der Waals surface area contributed by atoms with Crippen molar-refractivity contribution in [3.63, 3.8) is 0 Å². The van der Waals surface area contributed by atoms with Crippen LogP contribution in [0.5, 0.6) is 0 Å². The van der Waals surface area contributed by atoms with Gasteiger partial charge < -0.3 is 20.3 Å². The van der Waals surface area contributed by atoms with E-state index in [1.807, 2.05) is 25.7 Å². The molecule has 1 saturated heterocycles. The lowest BCUT2D eigenvalue weighted by Gasteiger charge is -2.37. The summed E-state index contributed by atoms with van der Waals surface area (Å²) >= 11 is 3.17. The topological polar surface area (TPSA) is 58.8 Å². The third kappa shape index (κ3) is 4.03. The van der Waals surface area contributed by atoms with Crippen molar-refractivity contribution in [3.8, 4) is 0 Å². The molecule has 0 aliphatic carbocycles. The fourth-order valence-electron chi connectivity index (χ4n) is 2.28. The standard InChI is InChI=1S/C15H21BrFN3O2/c1-15(2,3)22-14(21)20-6-4-19(5-7-20)13-8-10(16)11(17)9-12(13)18/h8-9H,4-7,18H2,1-3H3. The van der Waals surface area contributed by atoms with Gasteiger partial charge in [0.2, 0.25) is 0 Å². The van der Waals surface area contributed by atoms with Gasteiger partial charge >= 0.3 is 6.09 Å². The number of carbonyl (C=O) groups is 1. The van der Waals surface area contributed by atoms with E-state index in [1.165, 1.54) is 6.07 Å². The molecule has 2 N–H and O–H groups in total. The molecule has 0 saturated carbocycles. The van der Waals surface area contributed by atoms with E-state index in [1.54, 1.807) is 11.0 Å². The van der Waals surface area contributed by atoms with E-state index in [-0.39, 0.29) is 11.9 Å². The summed E-state index contributed by atoms with van der Waals surface area (Å²) in [5.41, 5.74) is 6.56. The molecular formula is C15H21BrFN3O2. The van der Waals surface area contributed by atoms with Gasteiger partial charge in [0.05, 0.1) is 15.8 Å². The Balaban J connectivity index is 2.01. The number of carbonyl (C=O) groups excluding carboxylic acids is 1. The van der Waals surface area contributed by atoms with E-state index >= 15 is 0 Å². The number of nitrogens with two attached hydrogens (primary N) is 1. The second-order valence-electron chi connectivity index (χ2n) is 6.28. The van der Waals surface area contributed by atoms with Crippen molar-refractivity contribution in [2.24, 2.45) is 0 Å². The van der Waals surface area contributed by atoms with Crippen molar-refractivity contribution < 1.29 is 13.9 Å². The van der Waals surface area contributed by atoms with Crippen LogP contribution in [0, 0.1) is 5.82 Å². The van der Waals surface area contributed by atoms with Crippen LogP contribution in [0.4, 0.5) is 20.6 Å². The van der Waals surface area contributed by atoms with Gasteiger partial charge in [-0.15, -0.1) is 0 Å². The number of rotatable bonds is 1. The van der Waals surface area contributed by atoms with Gasteiger partial charge in [0, 0.05) is 32.2 Å². The number of nitrogen functional groups attached to an aromatic ring is 1. The Bertz CT molecular complexity index is 567. The Morgan fingerprint density at radius 3 is 2.41 bits per heavy atom. The highest BCUT2D eigenvalue weighted by Gasteiger charge is 2.26. The second-order valence-corrected chi connectivity index (χ2v) is 7.13. The fraction of sp³-hybridized carbons (Fsp3) is 0.533. The van der Waals surface area contributed by atoms with Gasteiger partial charge in [-0.1, -0.05) is 0 Å². The molecule has 2 rings (SSSR count). The van der Waals surface area contributed by atoms with Crippen molar-refractivity contribution in [1.82, 2.24) is 4.90 Å². The molecular weight excluding hydrogens is 353 g/mol. The van der Waals surface area contributed by atoms with Gasteiger partial charge in [0.25, 0.3) is 0 Å². The highest BCUT2D eigenvalue weighted by Crippen LogP contribution is 2.30. The number of piperazine rings is 1. The Morgan fingerprint density at radius 2 is 1.86 bits per heavy atom. The van der Waals surface area contributed by atoms with Crippen LogP contribution in [0.2, 0.25) is 0 Å². The third-order valence-corrected chi connectivity index (χ3v) is 3.95. The van der Waals surface area contributed by atoms with Crippen LogP contribution in [0.15, 0.2) is 16.6 Å². The van der Waals surface area contributed by atoms with Crippen molar-refractivity contribution in [3.05, 3.63) is 22.4 Å². The Morgan fingerprint density at radius 1 is 1.27 bits per heavy atom. The quantitative estimate of drug-likeness (QED) is 0.767. The van der Waals surface area contributed by atoms with Gasteiger partial charge in [0.1, 0.15) is 11.4 Å². The van der Waals surface area contributed by atoms with Crippen LogP contribution in [-0.4, -0.2) is 42.8 Å². The number of hydrogen-bond donors (Lipinski definition) is 1. The molecule has 0 aromatic heterocycles. The summed E-state index contributed by atoms with van der Waals surface area (Å²) in [5.74, 6) is -0.381. The van der Waals surface area contributed by atoms with E-state index < -0.39 is 5.60 Å². The highest BCUT2D eigenvalue weighted by molar-refractivity contribution is 9.10. The number of ether oxygens (including phenoxy) is 1. The lowest BCUT2D eigenvalue weighted by molar-refractivity contribution is 0.0240. The molecule has 1 fully saturated rings. The normalized spacial score (nSPS) is 15.9. The second kappa shape index (κ2) is 6.32. The molecule has 122 valence electrons. The zero-order valence-electron chi connectivity index (χ0n) is 13.0. The van der Waals surface area contributed by atoms with Crippen LogP contribution >= 0.6 is 15.9 Å². The summed E-state index contributed by atoms with van der Waals surface area (Å²) in [6, 6.07) is 2.98. The lowest BCUT2D eigenvalue weighted by Crippen LogP contribution is -2.50. The first-order valence-corrected chi connectivity index (χ1v) is 7.94. The van der Waals surface area contributed by atoms with Crippen LogP contribution < -0.4 is 10.6 Å². The molecule has 0 bridgehead atoms. The van der Waals surface area contributed by atoms with E-state index in [0.29, 0.717) is 36.3 Å². The van der Waals surface area contributed by atoms with Gasteiger partial charge in [-0.2, -0.15) is 0 Å². The number of anilines is 2. The van der Waals surface area contributed by atoms with E-state index in [0.717, 1.165) is 5.69 Å².